The number of urea groups is 1. The van der Waals surface area contributed by atoms with Crippen LogP contribution in [0.5, 0.6) is 0 Å². The van der Waals surface area contributed by atoms with E-state index in [1.807, 2.05) is 56.0 Å². The number of nitrogens with zero attached hydrogens (tertiary/aromatic N) is 1. The van der Waals surface area contributed by atoms with E-state index >= 15 is 0 Å². The maximum atomic E-state index is 12.3. The SMILES string of the molecule is CC(C)(C)OC(=O)NC[C@H]1CCCN(C(=O)NCc2ccccc2)C1. The Hall–Kier alpha value is -2.24. The van der Waals surface area contributed by atoms with Crippen molar-refractivity contribution in [1.82, 2.24) is 15.5 Å². The van der Waals surface area contributed by atoms with Gasteiger partial charge in [-0.3, -0.25) is 0 Å². The van der Waals surface area contributed by atoms with Gasteiger partial charge in [0.15, 0.2) is 0 Å². The molecule has 0 bridgehead atoms. The van der Waals surface area contributed by atoms with E-state index in [0.29, 0.717) is 19.6 Å². The number of nitrogens with one attached hydrogen (secondary N) is 2. The first-order valence-electron chi connectivity index (χ1n) is 8.87. The lowest BCUT2D eigenvalue weighted by atomic mass is 9.98. The molecule has 0 aromatic heterocycles. The molecule has 6 heteroatoms. The fraction of sp³-hybridized carbons (Fsp3) is 0.579. The number of piperidine rings is 1. The van der Waals surface area contributed by atoms with Crippen LogP contribution < -0.4 is 10.6 Å². The minimum atomic E-state index is -0.500. The molecular weight excluding hydrogens is 318 g/mol. The maximum Gasteiger partial charge on any atom is 0.407 e. The summed E-state index contributed by atoms with van der Waals surface area (Å²) in [6.07, 6.45) is 1.54. The van der Waals surface area contributed by atoms with Gasteiger partial charge in [0.2, 0.25) is 0 Å². The third-order valence-corrected chi connectivity index (χ3v) is 4.03. The molecule has 1 fully saturated rings. The van der Waals surface area contributed by atoms with E-state index in [0.717, 1.165) is 24.9 Å². The zero-order valence-electron chi connectivity index (χ0n) is 15.4. The molecule has 0 saturated carbocycles. The summed E-state index contributed by atoms with van der Waals surface area (Å²) in [7, 11) is 0. The van der Waals surface area contributed by atoms with Crippen LogP contribution in [0.1, 0.15) is 39.2 Å². The molecule has 0 spiro atoms. The van der Waals surface area contributed by atoms with Crippen molar-refractivity contribution >= 4 is 12.1 Å². The van der Waals surface area contributed by atoms with Crippen LogP contribution in [0.4, 0.5) is 9.59 Å². The fourth-order valence-corrected chi connectivity index (χ4v) is 2.84. The van der Waals surface area contributed by atoms with Crippen molar-refractivity contribution in [2.45, 2.75) is 45.8 Å². The van der Waals surface area contributed by atoms with Crippen molar-refractivity contribution in [2.75, 3.05) is 19.6 Å². The van der Waals surface area contributed by atoms with E-state index in [4.69, 9.17) is 4.74 Å². The van der Waals surface area contributed by atoms with E-state index in [1.54, 1.807) is 0 Å². The molecule has 0 aliphatic carbocycles. The minimum Gasteiger partial charge on any atom is -0.444 e. The minimum absolute atomic E-state index is 0.0502. The van der Waals surface area contributed by atoms with Crippen molar-refractivity contribution in [2.24, 2.45) is 5.92 Å². The molecule has 1 saturated heterocycles. The Labute approximate surface area is 149 Å². The van der Waals surface area contributed by atoms with Gasteiger partial charge in [0.1, 0.15) is 5.60 Å². The number of rotatable bonds is 4. The number of hydrogen-bond donors (Lipinski definition) is 2. The summed E-state index contributed by atoms with van der Waals surface area (Å²) in [4.78, 5) is 25.9. The second-order valence-electron chi connectivity index (χ2n) is 7.48. The quantitative estimate of drug-likeness (QED) is 0.879. The average molecular weight is 347 g/mol. The first-order valence-corrected chi connectivity index (χ1v) is 8.87. The van der Waals surface area contributed by atoms with E-state index in [2.05, 4.69) is 10.6 Å². The van der Waals surface area contributed by atoms with Gasteiger partial charge in [-0.25, -0.2) is 9.59 Å². The van der Waals surface area contributed by atoms with E-state index in [9.17, 15) is 9.59 Å². The number of hydrogen-bond acceptors (Lipinski definition) is 3. The van der Waals surface area contributed by atoms with Crippen molar-refractivity contribution in [3.05, 3.63) is 35.9 Å². The number of benzene rings is 1. The van der Waals surface area contributed by atoms with Crippen LogP contribution in [0.25, 0.3) is 0 Å². The third-order valence-electron chi connectivity index (χ3n) is 4.03. The van der Waals surface area contributed by atoms with Gasteiger partial charge >= 0.3 is 12.1 Å². The molecule has 1 aliphatic heterocycles. The monoisotopic (exact) mass is 347 g/mol. The van der Waals surface area contributed by atoms with Gasteiger partial charge in [0.25, 0.3) is 0 Å². The Balaban J connectivity index is 1.74. The highest BCUT2D eigenvalue weighted by molar-refractivity contribution is 5.74. The summed E-state index contributed by atoms with van der Waals surface area (Å²) in [6, 6.07) is 9.80. The highest BCUT2D eigenvalue weighted by atomic mass is 16.6. The number of likely N-dealkylation sites (tertiary alicyclic amines) is 1. The second kappa shape index (κ2) is 8.74. The van der Waals surface area contributed by atoms with Gasteiger partial charge < -0.3 is 20.3 Å². The molecule has 3 amide bonds. The topological polar surface area (TPSA) is 70.7 Å². The van der Waals surface area contributed by atoms with Crippen LogP contribution in [0.3, 0.4) is 0 Å². The van der Waals surface area contributed by atoms with Crippen molar-refractivity contribution < 1.29 is 14.3 Å². The standard InChI is InChI=1S/C19H29N3O3/c1-19(2,3)25-18(24)21-13-16-10-7-11-22(14-16)17(23)20-12-15-8-5-4-6-9-15/h4-6,8-9,16H,7,10-14H2,1-3H3,(H,20,23)(H,21,24)/t16-/m1/s1. The first-order chi connectivity index (χ1) is 11.8. The zero-order chi connectivity index (χ0) is 18.3. The van der Waals surface area contributed by atoms with Gasteiger partial charge in [-0.1, -0.05) is 30.3 Å². The molecule has 6 nitrogen and oxygen atoms in total. The van der Waals surface area contributed by atoms with Gasteiger partial charge in [0, 0.05) is 26.2 Å². The Morgan fingerprint density at radius 2 is 1.92 bits per heavy atom. The van der Waals surface area contributed by atoms with Gasteiger partial charge in [0.05, 0.1) is 0 Å². The summed E-state index contributed by atoms with van der Waals surface area (Å²) in [5.41, 5.74) is 0.580. The predicted octanol–water partition coefficient (Wildman–Crippen LogP) is 3.13. The van der Waals surface area contributed by atoms with Crippen molar-refractivity contribution in [3.63, 3.8) is 0 Å². The number of carbonyl (C=O) groups is 2. The smallest absolute Gasteiger partial charge is 0.407 e. The van der Waals surface area contributed by atoms with Crippen LogP contribution in [-0.4, -0.2) is 42.3 Å². The van der Waals surface area contributed by atoms with E-state index in [-0.39, 0.29) is 11.9 Å². The van der Waals surface area contributed by atoms with Gasteiger partial charge in [-0.15, -0.1) is 0 Å². The first kappa shape index (κ1) is 19.1. The van der Waals surface area contributed by atoms with Gasteiger partial charge in [-0.05, 0) is 45.1 Å². The van der Waals surface area contributed by atoms with E-state index in [1.165, 1.54) is 0 Å². The summed E-state index contributed by atoms with van der Waals surface area (Å²) >= 11 is 0. The normalized spacial score (nSPS) is 17.7. The molecule has 2 rings (SSSR count). The van der Waals surface area contributed by atoms with Crippen LogP contribution >= 0.6 is 0 Å². The molecule has 0 unspecified atom stereocenters. The Kier molecular flexibility index (Phi) is 6.67. The Morgan fingerprint density at radius 1 is 1.20 bits per heavy atom. The lowest BCUT2D eigenvalue weighted by molar-refractivity contribution is 0.0511. The molecule has 1 heterocycles. The number of ether oxygens (including phenoxy) is 1. The van der Waals surface area contributed by atoms with Crippen molar-refractivity contribution in [1.29, 1.82) is 0 Å². The molecule has 2 N–H and O–H groups in total. The van der Waals surface area contributed by atoms with Crippen LogP contribution in [-0.2, 0) is 11.3 Å². The summed E-state index contributed by atoms with van der Waals surface area (Å²) in [5, 5.41) is 5.77. The number of amides is 3. The lowest BCUT2D eigenvalue weighted by Gasteiger charge is -2.33. The van der Waals surface area contributed by atoms with Crippen LogP contribution in [0, 0.1) is 5.92 Å². The highest BCUT2D eigenvalue weighted by Gasteiger charge is 2.24. The Morgan fingerprint density at radius 3 is 2.60 bits per heavy atom. The largest absolute Gasteiger partial charge is 0.444 e. The fourth-order valence-electron chi connectivity index (χ4n) is 2.84. The molecule has 0 radical (unpaired) electrons. The summed E-state index contributed by atoms with van der Waals surface area (Å²) in [5.74, 6) is 0.253. The molecule has 1 aromatic carbocycles. The Bertz CT molecular complexity index is 569. The number of carbonyl (C=O) groups excluding carboxylic acids is 2. The third kappa shape index (κ3) is 7.03. The highest BCUT2D eigenvalue weighted by Crippen LogP contribution is 2.16. The van der Waals surface area contributed by atoms with E-state index < -0.39 is 11.7 Å². The molecule has 1 aromatic rings. The zero-order valence-corrected chi connectivity index (χ0v) is 15.4. The predicted molar refractivity (Wildman–Crippen MR) is 97.2 cm³/mol. The molecule has 138 valence electrons. The molecule has 1 aliphatic rings. The maximum absolute atomic E-state index is 12.3. The van der Waals surface area contributed by atoms with Crippen molar-refractivity contribution in [3.8, 4) is 0 Å². The number of alkyl carbamates (subject to hydrolysis) is 1. The van der Waals surface area contributed by atoms with Crippen LogP contribution in [0.15, 0.2) is 30.3 Å². The molecule has 25 heavy (non-hydrogen) atoms. The van der Waals surface area contributed by atoms with Crippen LogP contribution in [0.2, 0.25) is 0 Å². The molecule has 1 atom stereocenters. The summed E-state index contributed by atoms with van der Waals surface area (Å²) < 4.78 is 5.25. The lowest BCUT2D eigenvalue weighted by Crippen LogP contribution is -2.47. The average Bonchev–Trinajstić information content (AvgIpc) is 2.57. The molecular formula is C19H29N3O3. The second-order valence-corrected chi connectivity index (χ2v) is 7.48. The van der Waals surface area contributed by atoms with Gasteiger partial charge in [-0.2, -0.15) is 0 Å². The summed E-state index contributed by atoms with van der Waals surface area (Å²) in [6.45, 7) is 7.97.